The number of nitrogens with two attached hydrogens (primary N) is 1. The van der Waals surface area contributed by atoms with Crippen LogP contribution in [0.2, 0.25) is 0 Å². The first-order chi connectivity index (χ1) is 9.47. The number of hydrogen-bond acceptors (Lipinski definition) is 6. The highest BCUT2D eigenvalue weighted by atomic mass is 35.5. The average Bonchev–Trinajstić information content (AvgIpc) is 2.44. The van der Waals surface area contributed by atoms with Gasteiger partial charge < -0.3 is 10.5 Å². The van der Waals surface area contributed by atoms with Gasteiger partial charge in [0.1, 0.15) is 5.84 Å². The van der Waals surface area contributed by atoms with Crippen LogP contribution >= 0.6 is 23.4 Å². The summed E-state index contributed by atoms with van der Waals surface area (Å²) in [5.74, 6) is -0.273. The summed E-state index contributed by atoms with van der Waals surface area (Å²) in [6, 6.07) is 4.34. The highest BCUT2D eigenvalue weighted by Gasteiger charge is 2.16. The first-order valence-electron chi connectivity index (χ1n) is 5.35. The fourth-order valence-corrected chi connectivity index (χ4v) is 2.13. The van der Waals surface area contributed by atoms with Crippen LogP contribution in [0.15, 0.2) is 28.1 Å². The Balaban J connectivity index is 3.02. The Morgan fingerprint density at radius 1 is 1.60 bits per heavy atom. The monoisotopic (exact) mass is 317 g/mol. The molecule has 0 aliphatic heterocycles. The summed E-state index contributed by atoms with van der Waals surface area (Å²) >= 11 is 6.51. The van der Waals surface area contributed by atoms with Gasteiger partial charge >= 0.3 is 5.97 Å². The first kappa shape index (κ1) is 16.3. The lowest BCUT2D eigenvalue weighted by molar-refractivity contribution is -0.387. The van der Waals surface area contributed by atoms with E-state index in [2.05, 4.69) is 9.73 Å². The van der Waals surface area contributed by atoms with Crippen LogP contribution in [0, 0.1) is 10.1 Å². The summed E-state index contributed by atoms with van der Waals surface area (Å²) in [7, 11) is 1.25. The molecule has 0 aromatic heterocycles. The van der Waals surface area contributed by atoms with Gasteiger partial charge in [-0.2, -0.15) is 0 Å². The number of alkyl halides is 1. The molecule has 0 saturated heterocycles. The van der Waals surface area contributed by atoms with Crippen LogP contribution in [-0.4, -0.2) is 35.5 Å². The Morgan fingerprint density at radius 2 is 2.30 bits per heavy atom. The van der Waals surface area contributed by atoms with Crippen molar-refractivity contribution in [2.24, 2.45) is 10.7 Å². The third kappa shape index (κ3) is 4.71. The lowest BCUT2D eigenvalue weighted by Crippen LogP contribution is -2.12. The number of hydrogen-bond donors (Lipinski definition) is 1. The van der Waals surface area contributed by atoms with E-state index in [0.29, 0.717) is 10.6 Å². The molecule has 0 spiro atoms. The van der Waals surface area contributed by atoms with Gasteiger partial charge in [-0.15, -0.1) is 23.4 Å². The molecule has 0 atom stereocenters. The van der Waals surface area contributed by atoms with Crippen LogP contribution in [0.3, 0.4) is 0 Å². The van der Waals surface area contributed by atoms with Gasteiger partial charge in [-0.25, -0.2) is 4.99 Å². The van der Waals surface area contributed by atoms with E-state index in [4.69, 9.17) is 17.3 Å². The molecule has 1 aromatic carbocycles. The third-order valence-electron chi connectivity index (χ3n) is 2.12. The van der Waals surface area contributed by atoms with Crippen LogP contribution in [0.1, 0.15) is 0 Å². The normalized spacial score (nSPS) is 11.2. The van der Waals surface area contributed by atoms with Gasteiger partial charge in [0, 0.05) is 6.07 Å². The van der Waals surface area contributed by atoms with Crippen LogP contribution < -0.4 is 5.73 Å². The first-order valence-corrected chi connectivity index (χ1v) is 6.87. The van der Waals surface area contributed by atoms with E-state index in [9.17, 15) is 14.9 Å². The number of benzene rings is 1. The second kappa shape index (κ2) is 7.71. The van der Waals surface area contributed by atoms with Crippen molar-refractivity contribution < 1.29 is 14.5 Å². The molecule has 2 N–H and O–H groups in total. The summed E-state index contributed by atoms with van der Waals surface area (Å²) in [5.41, 5.74) is 5.65. The second-order valence-electron chi connectivity index (χ2n) is 3.51. The minimum atomic E-state index is -0.546. The minimum absolute atomic E-state index is 0.0101. The van der Waals surface area contributed by atoms with Crippen LogP contribution in [0.25, 0.3) is 0 Å². The summed E-state index contributed by atoms with van der Waals surface area (Å²) in [5, 5.41) is 11.0. The summed E-state index contributed by atoms with van der Waals surface area (Å²) in [4.78, 5) is 25.8. The predicted octanol–water partition coefficient (Wildman–Crippen LogP) is 2.09. The van der Waals surface area contributed by atoms with Crippen LogP contribution in [0.5, 0.6) is 0 Å². The zero-order chi connectivity index (χ0) is 15.1. The van der Waals surface area contributed by atoms with Gasteiger partial charge in [0.25, 0.3) is 5.69 Å². The lowest BCUT2D eigenvalue weighted by Gasteiger charge is -2.03. The highest BCUT2D eigenvalue weighted by Crippen LogP contribution is 2.32. The number of carbonyl (C=O) groups excluding carboxylic acids is 1. The number of thioether (sulfide) groups is 1. The number of ether oxygens (including phenoxy) is 1. The molecule has 0 radical (unpaired) electrons. The van der Waals surface area contributed by atoms with E-state index in [-0.39, 0.29) is 23.2 Å². The maximum atomic E-state index is 11.1. The Morgan fingerprint density at radius 3 is 2.85 bits per heavy atom. The van der Waals surface area contributed by atoms with Crippen molar-refractivity contribution in [3.63, 3.8) is 0 Å². The summed E-state index contributed by atoms with van der Waals surface area (Å²) in [6.07, 6.45) is 0. The number of nitro groups is 1. The zero-order valence-electron chi connectivity index (χ0n) is 10.5. The van der Waals surface area contributed by atoms with Gasteiger partial charge in [0.05, 0.1) is 34.2 Å². The zero-order valence-corrected chi connectivity index (χ0v) is 12.1. The van der Waals surface area contributed by atoms with Gasteiger partial charge in [0.2, 0.25) is 0 Å². The molecule has 0 fully saturated rings. The minimum Gasteiger partial charge on any atom is -0.468 e. The van der Waals surface area contributed by atoms with Crippen molar-refractivity contribution in [2.45, 2.75) is 4.90 Å². The van der Waals surface area contributed by atoms with Crippen molar-refractivity contribution in [1.82, 2.24) is 0 Å². The molecular formula is C11H12ClN3O4S. The molecule has 0 aliphatic carbocycles. The quantitative estimate of drug-likeness (QED) is 0.164. The number of amidine groups is 1. The van der Waals surface area contributed by atoms with Crippen molar-refractivity contribution in [3.05, 3.63) is 28.3 Å². The number of aliphatic imine (C=N–C) groups is 1. The molecule has 0 unspecified atom stereocenters. The molecule has 0 saturated carbocycles. The number of nitrogens with zero attached hydrogens (tertiary/aromatic N) is 2. The standard InChI is InChI=1S/C11H12ClN3O4S/c1-19-11(16)6-20-9-3-2-7(14-10(13)5-12)4-8(9)15(17)18/h2-4H,5-6H2,1H3,(H2,13,14). The maximum Gasteiger partial charge on any atom is 0.315 e. The number of methoxy groups -OCH3 is 1. The Bertz CT molecular complexity index is 550. The van der Waals surface area contributed by atoms with Crippen LogP contribution in [0.4, 0.5) is 11.4 Å². The van der Waals surface area contributed by atoms with Gasteiger partial charge in [-0.3, -0.25) is 14.9 Å². The second-order valence-corrected chi connectivity index (χ2v) is 4.80. The third-order valence-corrected chi connectivity index (χ3v) is 3.43. The van der Waals surface area contributed by atoms with Crippen molar-refractivity contribution >= 4 is 46.5 Å². The van der Waals surface area contributed by atoms with Gasteiger partial charge in [0.15, 0.2) is 0 Å². The van der Waals surface area contributed by atoms with Gasteiger partial charge in [-0.1, -0.05) is 0 Å². The molecule has 7 nitrogen and oxygen atoms in total. The average molecular weight is 318 g/mol. The molecule has 0 heterocycles. The number of carbonyl (C=O) groups is 1. The van der Waals surface area contributed by atoms with Crippen LogP contribution in [-0.2, 0) is 9.53 Å². The van der Waals surface area contributed by atoms with E-state index < -0.39 is 10.9 Å². The molecule has 0 bridgehead atoms. The number of nitro benzene ring substituents is 1. The molecule has 0 amide bonds. The summed E-state index contributed by atoms with van der Waals surface area (Å²) in [6.45, 7) is 0. The van der Waals surface area contributed by atoms with E-state index in [1.54, 1.807) is 6.07 Å². The van der Waals surface area contributed by atoms with Crippen molar-refractivity contribution in [2.75, 3.05) is 18.7 Å². The lowest BCUT2D eigenvalue weighted by atomic mass is 10.3. The SMILES string of the molecule is COC(=O)CSc1ccc(N=C(N)CCl)cc1[N+](=O)[O-]. The Kier molecular flexibility index (Phi) is 6.26. The predicted molar refractivity (Wildman–Crippen MR) is 77.8 cm³/mol. The topological polar surface area (TPSA) is 108 Å². The molecule has 9 heteroatoms. The highest BCUT2D eigenvalue weighted by molar-refractivity contribution is 8.00. The molecule has 1 aromatic rings. The number of rotatable bonds is 6. The van der Waals surface area contributed by atoms with E-state index in [0.717, 1.165) is 11.8 Å². The fourth-order valence-electron chi connectivity index (χ4n) is 1.23. The van der Waals surface area contributed by atoms with Gasteiger partial charge in [-0.05, 0) is 12.1 Å². The molecule has 20 heavy (non-hydrogen) atoms. The number of halogens is 1. The largest absolute Gasteiger partial charge is 0.468 e. The van der Waals surface area contributed by atoms with Crippen molar-refractivity contribution in [3.8, 4) is 0 Å². The molecule has 108 valence electrons. The molecular weight excluding hydrogens is 306 g/mol. The molecule has 1 rings (SSSR count). The smallest absolute Gasteiger partial charge is 0.315 e. The van der Waals surface area contributed by atoms with E-state index in [1.807, 2.05) is 0 Å². The van der Waals surface area contributed by atoms with E-state index >= 15 is 0 Å². The summed E-state index contributed by atoms with van der Waals surface area (Å²) < 4.78 is 4.48. The fraction of sp³-hybridized carbons (Fsp3) is 0.273. The van der Waals surface area contributed by atoms with Crippen molar-refractivity contribution in [1.29, 1.82) is 0 Å². The Labute approximate surface area is 124 Å². The number of esters is 1. The molecule has 0 aliphatic rings. The maximum absolute atomic E-state index is 11.1. The Hall–Kier alpha value is -1.80. The van der Waals surface area contributed by atoms with E-state index in [1.165, 1.54) is 19.2 Å².